The van der Waals surface area contributed by atoms with Crippen LogP contribution in [-0.4, -0.2) is 47.0 Å². The first-order chi connectivity index (χ1) is 14.7. The number of para-hydroxylation sites is 1. The Labute approximate surface area is 177 Å². The van der Waals surface area contributed by atoms with Crippen molar-refractivity contribution in [3.8, 4) is 11.3 Å². The molecule has 1 amide bonds. The Balaban J connectivity index is 1.47. The Morgan fingerprint density at radius 1 is 1.00 bits per heavy atom. The van der Waals surface area contributed by atoms with E-state index in [0.29, 0.717) is 24.3 Å². The van der Waals surface area contributed by atoms with Crippen molar-refractivity contribution >= 4 is 33.3 Å². The molecule has 4 aromatic rings. The highest BCUT2D eigenvalue weighted by atomic mass is 32.1. The van der Waals surface area contributed by atoms with Crippen molar-refractivity contribution in [1.82, 2.24) is 14.9 Å². The second-order valence-corrected chi connectivity index (χ2v) is 8.05. The molecule has 5 rings (SSSR count). The van der Waals surface area contributed by atoms with Crippen LogP contribution in [0.4, 0.5) is 9.52 Å². The van der Waals surface area contributed by atoms with Gasteiger partial charge in [0.15, 0.2) is 5.13 Å². The average molecular weight is 418 g/mol. The number of benzene rings is 2. The van der Waals surface area contributed by atoms with E-state index in [1.54, 1.807) is 29.7 Å². The standard InChI is InChI=1S/C23H19FN4OS/c24-17-7-5-16(6-8-17)21-15-19(18-3-1-2-4-20(18)26-21)22(29)27-10-12-28(13-11-27)23-25-9-14-30-23/h1-9,14-15H,10-13H2. The van der Waals surface area contributed by atoms with Gasteiger partial charge in [0.25, 0.3) is 5.91 Å². The van der Waals surface area contributed by atoms with E-state index in [4.69, 9.17) is 4.98 Å². The second-order valence-electron chi connectivity index (χ2n) is 7.17. The minimum Gasteiger partial charge on any atom is -0.345 e. The molecule has 1 saturated heterocycles. The number of fused-ring (bicyclic) bond motifs is 1. The maximum absolute atomic E-state index is 13.5. The summed E-state index contributed by atoms with van der Waals surface area (Å²) in [5.74, 6) is -0.301. The third kappa shape index (κ3) is 3.52. The van der Waals surface area contributed by atoms with Crippen LogP contribution in [0.25, 0.3) is 22.2 Å². The summed E-state index contributed by atoms with van der Waals surface area (Å²) in [5.41, 5.74) is 2.83. The number of carbonyl (C=O) groups excluding carboxylic acids is 1. The predicted octanol–water partition coefficient (Wildman–Crippen LogP) is 4.46. The number of hydrogen-bond donors (Lipinski definition) is 0. The SMILES string of the molecule is O=C(c1cc(-c2ccc(F)cc2)nc2ccccc12)N1CCN(c2nccs2)CC1. The van der Waals surface area contributed by atoms with Crippen LogP contribution in [0.5, 0.6) is 0 Å². The molecule has 7 heteroatoms. The van der Waals surface area contributed by atoms with Crippen LogP contribution in [0.1, 0.15) is 10.4 Å². The third-order valence-electron chi connectivity index (χ3n) is 5.34. The Morgan fingerprint density at radius 2 is 1.77 bits per heavy atom. The molecule has 5 nitrogen and oxygen atoms in total. The minimum absolute atomic E-state index is 0.00393. The van der Waals surface area contributed by atoms with Crippen molar-refractivity contribution in [2.45, 2.75) is 0 Å². The number of carbonyl (C=O) groups is 1. The molecule has 0 saturated carbocycles. The summed E-state index contributed by atoms with van der Waals surface area (Å²) < 4.78 is 13.4. The molecule has 0 aliphatic carbocycles. The molecule has 0 atom stereocenters. The lowest BCUT2D eigenvalue weighted by Crippen LogP contribution is -2.48. The van der Waals surface area contributed by atoms with Gasteiger partial charge in [-0.2, -0.15) is 0 Å². The first-order valence-electron chi connectivity index (χ1n) is 9.78. The molecule has 1 aliphatic rings. The largest absolute Gasteiger partial charge is 0.345 e. The molecule has 30 heavy (non-hydrogen) atoms. The zero-order valence-electron chi connectivity index (χ0n) is 16.2. The number of pyridine rings is 1. The first-order valence-corrected chi connectivity index (χ1v) is 10.7. The van der Waals surface area contributed by atoms with Crippen molar-refractivity contribution in [3.05, 3.63) is 77.6 Å². The highest BCUT2D eigenvalue weighted by molar-refractivity contribution is 7.13. The van der Waals surface area contributed by atoms with Gasteiger partial charge < -0.3 is 9.80 Å². The predicted molar refractivity (Wildman–Crippen MR) is 117 cm³/mol. The molecule has 1 aliphatic heterocycles. The summed E-state index contributed by atoms with van der Waals surface area (Å²) in [4.78, 5) is 26.6. The first kappa shape index (κ1) is 18.7. The Bertz CT molecular complexity index is 1190. The molecular formula is C23H19FN4OS. The topological polar surface area (TPSA) is 49.3 Å². The van der Waals surface area contributed by atoms with E-state index in [9.17, 15) is 9.18 Å². The number of anilines is 1. The van der Waals surface area contributed by atoms with Crippen LogP contribution in [0, 0.1) is 5.82 Å². The quantitative estimate of drug-likeness (QED) is 0.493. The molecule has 0 radical (unpaired) electrons. The summed E-state index contributed by atoms with van der Waals surface area (Å²) >= 11 is 1.61. The monoisotopic (exact) mass is 418 g/mol. The fourth-order valence-corrected chi connectivity index (χ4v) is 4.46. The summed E-state index contributed by atoms with van der Waals surface area (Å²) in [6.45, 7) is 2.79. The molecule has 2 aromatic carbocycles. The van der Waals surface area contributed by atoms with Gasteiger partial charge in [0, 0.05) is 48.7 Å². The smallest absolute Gasteiger partial charge is 0.254 e. The van der Waals surface area contributed by atoms with Gasteiger partial charge in [0.05, 0.1) is 16.8 Å². The van der Waals surface area contributed by atoms with Gasteiger partial charge in [-0.05, 0) is 36.4 Å². The van der Waals surface area contributed by atoms with E-state index in [1.165, 1.54) is 12.1 Å². The van der Waals surface area contributed by atoms with Crippen molar-refractivity contribution in [2.75, 3.05) is 31.1 Å². The number of rotatable bonds is 3. The van der Waals surface area contributed by atoms with E-state index in [-0.39, 0.29) is 11.7 Å². The van der Waals surface area contributed by atoms with Gasteiger partial charge in [-0.15, -0.1) is 11.3 Å². The molecule has 1 fully saturated rings. The zero-order valence-corrected chi connectivity index (χ0v) is 17.0. The highest BCUT2D eigenvalue weighted by Gasteiger charge is 2.25. The zero-order chi connectivity index (χ0) is 20.5. The maximum atomic E-state index is 13.5. The van der Waals surface area contributed by atoms with Gasteiger partial charge in [0.2, 0.25) is 0 Å². The van der Waals surface area contributed by atoms with Crippen molar-refractivity contribution in [2.24, 2.45) is 0 Å². The van der Waals surface area contributed by atoms with Crippen LogP contribution in [0.2, 0.25) is 0 Å². The highest BCUT2D eigenvalue weighted by Crippen LogP contribution is 2.27. The van der Waals surface area contributed by atoms with E-state index in [2.05, 4.69) is 9.88 Å². The van der Waals surface area contributed by atoms with Crippen molar-refractivity contribution < 1.29 is 9.18 Å². The Kier molecular flexibility index (Phi) is 4.88. The van der Waals surface area contributed by atoms with Crippen molar-refractivity contribution in [3.63, 3.8) is 0 Å². The van der Waals surface area contributed by atoms with Gasteiger partial charge in [0.1, 0.15) is 5.82 Å². The molecule has 0 N–H and O–H groups in total. The molecule has 2 aromatic heterocycles. The fraction of sp³-hybridized carbons (Fsp3) is 0.174. The number of thiazole rings is 1. The molecule has 0 spiro atoms. The summed E-state index contributed by atoms with van der Waals surface area (Å²) in [6, 6.07) is 15.7. The number of hydrogen-bond acceptors (Lipinski definition) is 5. The van der Waals surface area contributed by atoms with Crippen LogP contribution in [-0.2, 0) is 0 Å². The van der Waals surface area contributed by atoms with Crippen LogP contribution < -0.4 is 4.90 Å². The summed E-state index contributed by atoms with van der Waals surface area (Å²) in [6.07, 6.45) is 1.80. The molecule has 150 valence electrons. The lowest BCUT2D eigenvalue weighted by molar-refractivity contribution is 0.0748. The number of aromatic nitrogens is 2. The van der Waals surface area contributed by atoms with Gasteiger partial charge >= 0.3 is 0 Å². The van der Waals surface area contributed by atoms with E-state index in [0.717, 1.165) is 34.7 Å². The van der Waals surface area contributed by atoms with E-state index < -0.39 is 0 Å². The lowest BCUT2D eigenvalue weighted by atomic mass is 10.0. The molecular weight excluding hydrogens is 399 g/mol. The normalized spacial score (nSPS) is 14.3. The maximum Gasteiger partial charge on any atom is 0.254 e. The van der Waals surface area contributed by atoms with Crippen LogP contribution >= 0.6 is 11.3 Å². The van der Waals surface area contributed by atoms with Crippen LogP contribution in [0.3, 0.4) is 0 Å². The van der Waals surface area contributed by atoms with E-state index in [1.807, 2.05) is 40.6 Å². The summed E-state index contributed by atoms with van der Waals surface area (Å²) in [7, 11) is 0. The third-order valence-corrected chi connectivity index (χ3v) is 6.18. The molecule has 3 heterocycles. The van der Waals surface area contributed by atoms with Gasteiger partial charge in [-0.3, -0.25) is 4.79 Å². The fourth-order valence-electron chi connectivity index (χ4n) is 3.76. The average Bonchev–Trinajstić information content (AvgIpc) is 3.33. The van der Waals surface area contributed by atoms with Gasteiger partial charge in [-0.1, -0.05) is 18.2 Å². The van der Waals surface area contributed by atoms with E-state index >= 15 is 0 Å². The minimum atomic E-state index is -0.297. The molecule has 0 bridgehead atoms. The number of amides is 1. The number of halogens is 1. The van der Waals surface area contributed by atoms with Crippen molar-refractivity contribution in [1.29, 1.82) is 0 Å². The molecule has 0 unspecified atom stereocenters. The summed E-state index contributed by atoms with van der Waals surface area (Å²) in [5, 5.41) is 3.79. The van der Waals surface area contributed by atoms with Crippen LogP contribution in [0.15, 0.2) is 66.2 Å². The number of piperazine rings is 1. The Morgan fingerprint density at radius 3 is 2.50 bits per heavy atom. The Hall–Kier alpha value is -3.32. The number of nitrogens with zero attached hydrogens (tertiary/aromatic N) is 4. The lowest BCUT2D eigenvalue weighted by Gasteiger charge is -2.34. The second kappa shape index (κ2) is 7.84. The van der Waals surface area contributed by atoms with Gasteiger partial charge in [-0.25, -0.2) is 14.4 Å².